The van der Waals surface area contributed by atoms with E-state index in [9.17, 15) is 0 Å². The normalized spacial score (nSPS) is 12.9. The van der Waals surface area contributed by atoms with Crippen LogP contribution in [0.2, 0.25) is 10.0 Å². The molecule has 0 spiro atoms. The molecule has 4 heteroatoms. The van der Waals surface area contributed by atoms with E-state index in [2.05, 4.69) is 23.5 Å². The van der Waals surface area contributed by atoms with Crippen molar-refractivity contribution in [1.82, 2.24) is 0 Å². The number of fused-ring (bicyclic) bond motifs is 1. The molecule has 3 rings (SSSR count). The molecular weight excluding hydrogens is 293 g/mol. The molecule has 1 heterocycles. The predicted octanol–water partition coefficient (Wildman–Crippen LogP) is 4.58. The highest BCUT2D eigenvalue weighted by atomic mass is 35.5. The lowest BCUT2D eigenvalue weighted by atomic mass is 10.1. The Morgan fingerprint density at radius 3 is 2.65 bits per heavy atom. The van der Waals surface area contributed by atoms with Crippen molar-refractivity contribution in [3.63, 3.8) is 0 Å². The number of hydrogen-bond donors (Lipinski definition) is 1. The Balaban J connectivity index is 1.59. The van der Waals surface area contributed by atoms with Crippen LogP contribution < -0.4 is 10.1 Å². The molecule has 20 heavy (non-hydrogen) atoms. The summed E-state index contributed by atoms with van der Waals surface area (Å²) in [7, 11) is 0. The molecule has 2 aromatic carbocycles. The first-order valence-electron chi connectivity index (χ1n) is 6.65. The lowest BCUT2D eigenvalue weighted by molar-refractivity contribution is 0.357. The van der Waals surface area contributed by atoms with E-state index in [1.54, 1.807) is 6.07 Å². The van der Waals surface area contributed by atoms with Gasteiger partial charge in [-0.2, -0.15) is 0 Å². The fraction of sp³-hybridized carbons (Fsp3) is 0.250. The SMILES string of the molecule is Clc1cc(Cl)cc(NCCc2ccc3c(c2)CCO3)c1. The Hall–Kier alpha value is -1.38. The average Bonchev–Trinajstić information content (AvgIpc) is 2.85. The molecule has 0 amide bonds. The molecule has 1 aliphatic heterocycles. The second-order valence-corrected chi connectivity index (χ2v) is 5.75. The molecule has 0 radical (unpaired) electrons. The van der Waals surface area contributed by atoms with Gasteiger partial charge in [-0.05, 0) is 41.8 Å². The van der Waals surface area contributed by atoms with E-state index in [-0.39, 0.29) is 0 Å². The van der Waals surface area contributed by atoms with Crippen LogP contribution in [0.1, 0.15) is 11.1 Å². The van der Waals surface area contributed by atoms with Gasteiger partial charge in [0.05, 0.1) is 6.61 Å². The summed E-state index contributed by atoms with van der Waals surface area (Å²) < 4.78 is 5.51. The second-order valence-electron chi connectivity index (χ2n) is 4.88. The Morgan fingerprint density at radius 2 is 1.85 bits per heavy atom. The quantitative estimate of drug-likeness (QED) is 0.892. The van der Waals surface area contributed by atoms with Crippen LogP contribution in [-0.4, -0.2) is 13.2 Å². The highest BCUT2D eigenvalue weighted by molar-refractivity contribution is 6.35. The first-order valence-corrected chi connectivity index (χ1v) is 7.41. The fourth-order valence-corrected chi connectivity index (χ4v) is 2.93. The minimum atomic E-state index is 0.648. The van der Waals surface area contributed by atoms with Crippen molar-refractivity contribution in [1.29, 1.82) is 0 Å². The largest absolute Gasteiger partial charge is 0.493 e. The minimum absolute atomic E-state index is 0.648. The van der Waals surface area contributed by atoms with Gasteiger partial charge in [-0.3, -0.25) is 0 Å². The van der Waals surface area contributed by atoms with Gasteiger partial charge in [0.15, 0.2) is 0 Å². The lowest BCUT2D eigenvalue weighted by Gasteiger charge is -2.08. The van der Waals surface area contributed by atoms with Crippen LogP contribution in [0.3, 0.4) is 0 Å². The maximum atomic E-state index is 5.97. The smallest absolute Gasteiger partial charge is 0.122 e. The molecule has 2 nitrogen and oxygen atoms in total. The molecule has 1 aliphatic rings. The topological polar surface area (TPSA) is 21.3 Å². The fourth-order valence-electron chi connectivity index (χ4n) is 2.40. The van der Waals surface area contributed by atoms with Gasteiger partial charge in [0, 0.05) is 28.7 Å². The molecule has 1 N–H and O–H groups in total. The Labute approximate surface area is 128 Å². The Morgan fingerprint density at radius 1 is 1.05 bits per heavy atom. The highest BCUT2D eigenvalue weighted by Gasteiger charge is 2.11. The van der Waals surface area contributed by atoms with Crippen molar-refractivity contribution >= 4 is 28.9 Å². The molecule has 0 aliphatic carbocycles. The van der Waals surface area contributed by atoms with Gasteiger partial charge in [-0.15, -0.1) is 0 Å². The van der Waals surface area contributed by atoms with Gasteiger partial charge in [0.25, 0.3) is 0 Å². The standard InChI is InChI=1S/C16H15Cl2NO/c17-13-8-14(18)10-15(9-13)19-5-3-11-1-2-16-12(7-11)4-6-20-16/h1-2,7-10,19H,3-6H2. The molecule has 0 saturated carbocycles. The predicted molar refractivity (Wildman–Crippen MR) is 84.3 cm³/mol. The van der Waals surface area contributed by atoms with E-state index >= 15 is 0 Å². The van der Waals surface area contributed by atoms with Crippen LogP contribution in [-0.2, 0) is 12.8 Å². The maximum absolute atomic E-state index is 5.97. The molecular formula is C16H15Cl2NO. The molecule has 0 unspecified atom stereocenters. The summed E-state index contributed by atoms with van der Waals surface area (Å²) >= 11 is 11.9. The van der Waals surface area contributed by atoms with Gasteiger partial charge in [0.2, 0.25) is 0 Å². The second kappa shape index (κ2) is 5.94. The summed E-state index contributed by atoms with van der Waals surface area (Å²) in [5, 5.41) is 4.64. The third-order valence-corrected chi connectivity index (χ3v) is 3.80. The van der Waals surface area contributed by atoms with Crippen LogP contribution in [0.15, 0.2) is 36.4 Å². The van der Waals surface area contributed by atoms with Crippen LogP contribution in [0, 0.1) is 0 Å². The number of ether oxygens (including phenoxy) is 1. The summed E-state index contributed by atoms with van der Waals surface area (Å²) in [6, 6.07) is 11.9. The van der Waals surface area contributed by atoms with Crippen LogP contribution >= 0.6 is 23.2 Å². The number of nitrogens with one attached hydrogen (secondary N) is 1. The molecule has 104 valence electrons. The maximum Gasteiger partial charge on any atom is 0.122 e. The van der Waals surface area contributed by atoms with E-state index in [1.807, 2.05) is 12.1 Å². The number of hydrogen-bond acceptors (Lipinski definition) is 2. The van der Waals surface area contributed by atoms with Crippen LogP contribution in [0.4, 0.5) is 5.69 Å². The van der Waals surface area contributed by atoms with Crippen molar-refractivity contribution in [2.24, 2.45) is 0 Å². The minimum Gasteiger partial charge on any atom is -0.493 e. The van der Waals surface area contributed by atoms with Crippen molar-refractivity contribution in [3.05, 3.63) is 57.6 Å². The zero-order chi connectivity index (χ0) is 13.9. The van der Waals surface area contributed by atoms with Gasteiger partial charge >= 0.3 is 0 Å². The molecule has 0 bridgehead atoms. The van der Waals surface area contributed by atoms with Crippen molar-refractivity contribution in [2.75, 3.05) is 18.5 Å². The summed E-state index contributed by atoms with van der Waals surface area (Å²) in [6.07, 6.45) is 1.97. The van der Waals surface area contributed by atoms with Gasteiger partial charge in [0.1, 0.15) is 5.75 Å². The van der Waals surface area contributed by atoms with Crippen LogP contribution in [0.5, 0.6) is 5.75 Å². The number of rotatable bonds is 4. The van der Waals surface area contributed by atoms with E-state index in [0.29, 0.717) is 10.0 Å². The van der Waals surface area contributed by atoms with E-state index in [0.717, 1.165) is 37.4 Å². The van der Waals surface area contributed by atoms with E-state index in [1.165, 1.54) is 11.1 Å². The highest BCUT2D eigenvalue weighted by Crippen LogP contribution is 2.26. The Kier molecular flexibility index (Phi) is 4.04. The number of benzene rings is 2. The summed E-state index contributed by atoms with van der Waals surface area (Å²) in [4.78, 5) is 0. The number of halogens is 2. The summed E-state index contributed by atoms with van der Waals surface area (Å²) in [5.41, 5.74) is 3.58. The van der Waals surface area contributed by atoms with E-state index in [4.69, 9.17) is 27.9 Å². The molecule has 0 atom stereocenters. The summed E-state index contributed by atoms with van der Waals surface area (Å²) in [6.45, 7) is 1.65. The van der Waals surface area contributed by atoms with Crippen LogP contribution in [0.25, 0.3) is 0 Å². The zero-order valence-corrected chi connectivity index (χ0v) is 12.5. The van der Waals surface area contributed by atoms with Crippen molar-refractivity contribution in [2.45, 2.75) is 12.8 Å². The van der Waals surface area contributed by atoms with Crippen molar-refractivity contribution < 1.29 is 4.74 Å². The molecule has 0 fully saturated rings. The lowest BCUT2D eigenvalue weighted by Crippen LogP contribution is -2.05. The zero-order valence-electron chi connectivity index (χ0n) is 11.0. The first-order chi connectivity index (χ1) is 9.70. The van der Waals surface area contributed by atoms with Crippen molar-refractivity contribution in [3.8, 4) is 5.75 Å². The Bertz CT molecular complexity index is 608. The number of anilines is 1. The summed E-state index contributed by atoms with van der Waals surface area (Å²) in [5.74, 6) is 1.03. The third kappa shape index (κ3) is 3.20. The van der Waals surface area contributed by atoms with Gasteiger partial charge < -0.3 is 10.1 Å². The third-order valence-electron chi connectivity index (χ3n) is 3.36. The first kappa shape index (κ1) is 13.6. The average molecular weight is 308 g/mol. The molecule has 0 aromatic heterocycles. The van der Waals surface area contributed by atoms with Gasteiger partial charge in [-0.25, -0.2) is 0 Å². The monoisotopic (exact) mass is 307 g/mol. The molecule has 2 aromatic rings. The van der Waals surface area contributed by atoms with E-state index < -0.39 is 0 Å². The molecule has 0 saturated heterocycles. The van der Waals surface area contributed by atoms with Gasteiger partial charge in [-0.1, -0.05) is 35.3 Å².